The fourth-order valence-electron chi connectivity index (χ4n) is 2.08. The lowest BCUT2D eigenvalue weighted by atomic mass is 10.00. The molecule has 2 nitrogen and oxygen atoms in total. The van der Waals surface area contributed by atoms with Crippen molar-refractivity contribution in [2.24, 2.45) is 0 Å². The van der Waals surface area contributed by atoms with Gasteiger partial charge in [-0.05, 0) is 24.0 Å². The maximum absolute atomic E-state index is 11.8. The minimum Gasteiger partial charge on any atom is -0.338 e. The van der Waals surface area contributed by atoms with Crippen LogP contribution in [0.15, 0.2) is 24.3 Å². The van der Waals surface area contributed by atoms with Gasteiger partial charge < -0.3 is 4.90 Å². The van der Waals surface area contributed by atoms with Crippen molar-refractivity contribution in [2.45, 2.75) is 25.8 Å². The molecule has 3 heteroatoms. The standard InChI is InChI=1S/C13H16ClNO/c14-8-3-6-13(16)15-9-7-11-4-1-2-5-12(11)10-15/h1-2,4-5H,3,6-10H2. The van der Waals surface area contributed by atoms with Gasteiger partial charge in [-0.15, -0.1) is 11.6 Å². The molecule has 0 radical (unpaired) electrons. The Morgan fingerprint density at radius 2 is 2.06 bits per heavy atom. The lowest BCUT2D eigenvalue weighted by Crippen LogP contribution is -2.35. The zero-order chi connectivity index (χ0) is 11.4. The molecule has 0 aliphatic carbocycles. The zero-order valence-corrected chi connectivity index (χ0v) is 10.0. The minimum absolute atomic E-state index is 0.232. The van der Waals surface area contributed by atoms with E-state index in [2.05, 4.69) is 18.2 Å². The third kappa shape index (κ3) is 2.56. The Balaban J connectivity index is 1.99. The van der Waals surface area contributed by atoms with Crippen LogP contribution in [-0.4, -0.2) is 23.2 Å². The van der Waals surface area contributed by atoms with Crippen molar-refractivity contribution in [3.8, 4) is 0 Å². The van der Waals surface area contributed by atoms with Crippen LogP contribution in [-0.2, 0) is 17.8 Å². The van der Waals surface area contributed by atoms with E-state index in [0.29, 0.717) is 12.3 Å². The van der Waals surface area contributed by atoms with E-state index in [1.807, 2.05) is 11.0 Å². The fourth-order valence-corrected chi connectivity index (χ4v) is 2.22. The first-order chi connectivity index (χ1) is 7.81. The Labute approximate surface area is 101 Å². The van der Waals surface area contributed by atoms with Gasteiger partial charge in [0, 0.05) is 25.4 Å². The van der Waals surface area contributed by atoms with Gasteiger partial charge in [0.05, 0.1) is 0 Å². The molecule has 0 N–H and O–H groups in total. The van der Waals surface area contributed by atoms with Crippen molar-refractivity contribution >= 4 is 17.5 Å². The van der Waals surface area contributed by atoms with Crippen LogP contribution in [0.1, 0.15) is 24.0 Å². The van der Waals surface area contributed by atoms with Gasteiger partial charge in [0.25, 0.3) is 0 Å². The normalized spacial score (nSPS) is 14.7. The molecule has 0 atom stereocenters. The van der Waals surface area contributed by atoms with Gasteiger partial charge in [-0.25, -0.2) is 0 Å². The summed E-state index contributed by atoms with van der Waals surface area (Å²) in [6.07, 6.45) is 2.33. The molecule has 0 saturated carbocycles. The van der Waals surface area contributed by atoms with E-state index in [1.54, 1.807) is 0 Å². The van der Waals surface area contributed by atoms with E-state index in [1.165, 1.54) is 11.1 Å². The molecule has 1 aliphatic heterocycles. The fraction of sp³-hybridized carbons (Fsp3) is 0.462. The van der Waals surface area contributed by atoms with Gasteiger partial charge in [0.15, 0.2) is 0 Å². The third-order valence-corrected chi connectivity index (χ3v) is 3.27. The molecular weight excluding hydrogens is 222 g/mol. The van der Waals surface area contributed by atoms with E-state index < -0.39 is 0 Å². The van der Waals surface area contributed by atoms with Gasteiger partial charge >= 0.3 is 0 Å². The Bertz CT molecular complexity index is 378. The van der Waals surface area contributed by atoms with Crippen molar-refractivity contribution in [3.63, 3.8) is 0 Å². The maximum Gasteiger partial charge on any atom is 0.222 e. The van der Waals surface area contributed by atoms with Crippen molar-refractivity contribution in [1.82, 2.24) is 4.90 Å². The minimum atomic E-state index is 0.232. The Kier molecular flexibility index (Phi) is 3.83. The average Bonchev–Trinajstić information content (AvgIpc) is 2.35. The predicted octanol–water partition coefficient (Wildman–Crippen LogP) is 2.59. The number of rotatable bonds is 3. The van der Waals surface area contributed by atoms with Crippen LogP contribution >= 0.6 is 11.6 Å². The number of amides is 1. The number of hydrogen-bond acceptors (Lipinski definition) is 1. The van der Waals surface area contributed by atoms with Crippen LogP contribution in [0.4, 0.5) is 0 Å². The molecule has 1 aromatic rings. The number of fused-ring (bicyclic) bond motifs is 1. The summed E-state index contributed by atoms with van der Waals surface area (Å²) in [4.78, 5) is 13.8. The second kappa shape index (κ2) is 5.35. The first-order valence-corrected chi connectivity index (χ1v) is 6.25. The lowest BCUT2D eigenvalue weighted by Gasteiger charge is -2.28. The molecule has 1 heterocycles. The molecule has 0 aromatic heterocycles. The van der Waals surface area contributed by atoms with Crippen molar-refractivity contribution in [1.29, 1.82) is 0 Å². The van der Waals surface area contributed by atoms with Crippen LogP contribution in [0.25, 0.3) is 0 Å². The molecule has 0 unspecified atom stereocenters. The molecule has 1 aromatic carbocycles. The summed E-state index contributed by atoms with van der Waals surface area (Å²) in [5, 5.41) is 0. The van der Waals surface area contributed by atoms with E-state index in [0.717, 1.165) is 25.9 Å². The zero-order valence-electron chi connectivity index (χ0n) is 9.29. The second-order valence-electron chi connectivity index (χ2n) is 4.13. The number of hydrogen-bond donors (Lipinski definition) is 0. The molecule has 86 valence electrons. The molecule has 0 spiro atoms. The van der Waals surface area contributed by atoms with Gasteiger partial charge in [-0.3, -0.25) is 4.79 Å². The highest BCUT2D eigenvalue weighted by Gasteiger charge is 2.19. The summed E-state index contributed by atoms with van der Waals surface area (Å²) in [5.41, 5.74) is 2.66. The third-order valence-electron chi connectivity index (χ3n) is 3.01. The molecule has 0 saturated heterocycles. The Morgan fingerprint density at radius 1 is 1.31 bits per heavy atom. The first kappa shape index (κ1) is 11.5. The van der Waals surface area contributed by atoms with E-state index >= 15 is 0 Å². The molecule has 1 aliphatic rings. The molecule has 0 fully saturated rings. The molecule has 0 bridgehead atoms. The summed E-state index contributed by atoms with van der Waals surface area (Å²) in [6.45, 7) is 1.61. The molecular formula is C13H16ClNO. The van der Waals surface area contributed by atoms with Gasteiger partial charge in [-0.1, -0.05) is 24.3 Å². The van der Waals surface area contributed by atoms with E-state index in [4.69, 9.17) is 11.6 Å². The number of nitrogens with zero attached hydrogens (tertiary/aromatic N) is 1. The summed E-state index contributed by atoms with van der Waals surface area (Å²) < 4.78 is 0. The van der Waals surface area contributed by atoms with Crippen LogP contribution in [0.2, 0.25) is 0 Å². The number of benzene rings is 1. The van der Waals surface area contributed by atoms with Gasteiger partial charge in [0.2, 0.25) is 5.91 Å². The Hall–Kier alpha value is -1.02. The molecule has 16 heavy (non-hydrogen) atoms. The second-order valence-corrected chi connectivity index (χ2v) is 4.50. The smallest absolute Gasteiger partial charge is 0.222 e. The number of alkyl halides is 1. The van der Waals surface area contributed by atoms with Crippen molar-refractivity contribution in [3.05, 3.63) is 35.4 Å². The molecule has 2 rings (SSSR count). The number of carbonyl (C=O) groups excluding carboxylic acids is 1. The highest BCUT2D eigenvalue weighted by atomic mass is 35.5. The quantitative estimate of drug-likeness (QED) is 0.740. The molecule has 1 amide bonds. The Morgan fingerprint density at radius 3 is 2.81 bits per heavy atom. The summed E-state index contributed by atoms with van der Waals surface area (Å²) >= 11 is 5.59. The van der Waals surface area contributed by atoms with Crippen LogP contribution in [0.5, 0.6) is 0 Å². The van der Waals surface area contributed by atoms with Crippen LogP contribution < -0.4 is 0 Å². The van der Waals surface area contributed by atoms with E-state index in [9.17, 15) is 4.79 Å². The number of halogens is 1. The van der Waals surface area contributed by atoms with E-state index in [-0.39, 0.29) is 5.91 Å². The topological polar surface area (TPSA) is 20.3 Å². The van der Waals surface area contributed by atoms with Crippen LogP contribution in [0.3, 0.4) is 0 Å². The summed E-state index contributed by atoms with van der Waals surface area (Å²) in [5.74, 6) is 0.797. The maximum atomic E-state index is 11.8. The highest BCUT2D eigenvalue weighted by molar-refractivity contribution is 6.17. The lowest BCUT2D eigenvalue weighted by molar-refractivity contribution is -0.132. The van der Waals surface area contributed by atoms with Crippen molar-refractivity contribution in [2.75, 3.05) is 12.4 Å². The monoisotopic (exact) mass is 237 g/mol. The largest absolute Gasteiger partial charge is 0.338 e. The van der Waals surface area contributed by atoms with Gasteiger partial charge in [-0.2, -0.15) is 0 Å². The summed E-state index contributed by atoms with van der Waals surface area (Å²) in [6, 6.07) is 8.35. The average molecular weight is 238 g/mol. The first-order valence-electron chi connectivity index (χ1n) is 5.72. The predicted molar refractivity (Wildman–Crippen MR) is 65.5 cm³/mol. The summed E-state index contributed by atoms with van der Waals surface area (Å²) in [7, 11) is 0. The SMILES string of the molecule is O=C(CCCCl)N1CCc2ccccc2C1. The van der Waals surface area contributed by atoms with Crippen LogP contribution in [0, 0.1) is 0 Å². The van der Waals surface area contributed by atoms with Crippen molar-refractivity contribution < 1.29 is 4.79 Å². The number of carbonyl (C=O) groups is 1. The highest BCUT2D eigenvalue weighted by Crippen LogP contribution is 2.19. The van der Waals surface area contributed by atoms with Gasteiger partial charge in [0.1, 0.15) is 0 Å².